The first kappa shape index (κ1) is 23.8. The number of benzene rings is 4. The van der Waals surface area contributed by atoms with Crippen LogP contribution >= 0.6 is 0 Å². The van der Waals surface area contributed by atoms with Gasteiger partial charge < -0.3 is 4.74 Å². The first-order valence-corrected chi connectivity index (χ1v) is 12.6. The minimum Gasteiger partial charge on any atom is -0.359 e. The summed E-state index contributed by atoms with van der Waals surface area (Å²) >= 11 is 0. The second kappa shape index (κ2) is 9.39. The van der Waals surface area contributed by atoms with Gasteiger partial charge in [0.1, 0.15) is 12.2 Å². The van der Waals surface area contributed by atoms with Gasteiger partial charge in [0.05, 0.1) is 22.7 Å². The Morgan fingerprint density at radius 2 is 1.08 bits per heavy atom. The highest BCUT2D eigenvalue weighted by atomic mass is 16.6. The fraction of sp³-hybridized carbons (Fsp3) is 0.156. The van der Waals surface area contributed by atoms with Crippen molar-refractivity contribution in [2.45, 2.75) is 32.5 Å². The Hall–Kier alpha value is -4.55. The van der Waals surface area contributed by atoms with Crippen molar-refractivity contribution in [3.05, 3.63) is 119 Å². The van der Waals surface area contributed by atoms with E-state index in [1.165, 1.54) is 6.92 Å². The van der Waals surface area contributed by atoms with Crippen molar-refractivity contribution in [1.82, 2.24) is 0 Å². The van der Waals surface area contributed by atoms with E-state index in [1.54, 1.807) is 22.8 Å². The third kappa shape index (κ3) is 3.99. The molecule has 3 heterocycles. The normalized spacial score (nSPS) is 18.2. The summed E-state index contributed by atoms with van der Waals surface area (Å²) in [5.41, 5.74) is 7.03. The summed E-state index contributed by atoms with van der Waals surface area (Å²) in [7, 11) is 0. The number of carbonyl (C=O) groups excluding carboxylic acids is 3. The summed E-state index contributed by atoms with van der Waals surface area (Å²) in [6.07, 6.45) is 0.500. The number of Topliss-reactive ketones (excluding diaryl/α,β-unsaturated/α-hetero) is 1. The van der Waals surface area contributed by atoms with E-state index in [0.717, 1.165) is 33.8 Å². The summed E-state index contributed by atoms with van der Waals surface area (Å²) in [6.45, 7) is 3.12. The number of fused-ring (bicyclic) bond motifs is 7. The van der Waals surface area contributed by atoms with E-state index in [9.17, 15) is 14.4 Å². The fourth-order valence-electron chi connectivity index (χ4n) is 5.44. The molecule has 0 N–H and O–H groups in total. The molecule has 0 aromatic heterocycles. The van der Waals surface area contributed by atoms with Gasteiger partial charge in [0, 0.05) is 37.0 Å². The van der Waals surface area contributed by atoms with Crippen molar-refractivity contribution in [2.24, 2.45) is 0 Å². The lowest BCUT2D eigenvalue weighted by atomic mass is 10.0. The van der Waals surface area contributed by atoms with Crippen LogP contribution in [-0.4, -0.2) is 17.6 Å². The zero-order valence-corrected chi connectivity index (χ0v) is 21.1. The summed E-state index contributed by atoms with van der Waals surface area (Å²) in [5, 5.41) is 0. The molecule has 0 bridgehead atoms. The molecule has 1 saturated heterocycles. The van der Waals surface area contributed by atoms with Crippen LogP contribution < -0.4 is 9.80 Å². The van der Waals surface area contributed by atoms with Gasteiger partial charge in [0.25, 0.3) is 0 Å². The second-order valence-corrected chi connectivity index (χ2v) is 9.55. The monoisotopic (exact) mass is 502 g/mol. The number of ketones is 1. The Bertz CT molecular complexity index is 1540. The Morgan fingerprint density at radius 3 is 1.66 bits per heavy atom. The molecular formula is C32H26N2O4. The van der Waals surface area contributed by atoms with Gasteiger partial charge in [-0.05, 0) is 35.9 Å². The van der Waals surface area contributed by atoms with Gasteiger partial charge in [-0.1, -0.05) is 66.7 Å². The molecule has 3 aliphatic heterocycles. The first-order valence-electron chi connectivity index (χ1n) is 12.6. The number of ether oxygens (including phenoxy) is 1. The van der Waals surface area contributed by atoms with Crippen LogP contribution in [0.25, 0.3) is 0 Å². The molecule has 1 fully saturated rings. The van der Waals surface area contributed by atoms with Crippen LogP contribution in [0.4, 0.5) is 22.7 Å². The molecule has 2 amide bonds. The van der Waals surface area contributed by atoms with E-state index in [0.29, 0.717) is 17.7 Å². The Labute approximate surface area is 221 Å². The number of rotatable bonds is 0. The highest BCUT2D eigenvalue weighted by molar-refractivity contribution is 6.12. The molecule has 2 atom stereocenters. The van der Waals surface area contributed by atoms with E-state index in [-0.39, 0.29) is 29.8 Å². The number of carbonyl (C=O) groups is 3. The van der Waals surface area contributed by atoms with Crippen LogP contribution in [0, 0.1) is 0 Å². The summed E-state index contributed by atoms with van der Waals surface area (Å²) in [4.78, 5) is 39.8. The van der Waals surface area contributed by atoms with Gasteiger partial charge in [0.15, 0.2) is 5.78 Å². The van der Waals surface area contributed by atoms with Gasteiger partial charge in [-0.25, -0.2) is 0 Å². The van der Waals surface area contributed by atoms with Gasteiger partial charge in [-0.15, -0.1) is 0 Å². The number of anilines is 4. The number of nitrogens with zero attached hydrogens (tertiary/aromatic N) is 2. The van der Waals surface area contributed by atoms with E-state index in [4.69, 9.17) is 4.74 Å². The van der Waals surface area contributed by atoms with Crippen molar-refractivity contribution < 1.29 is 19.1 Å². The van der Waals surface area contributed by atoms with Crippen LogP contribution in [0.1, 0.15) is 53.1 Å². The predicted octanol–water partition coefficient (Wildman–Crippen LogP) is 6.61. The highest BCUT2D eigenvalue weighted by Crippen LogP contribution is 2.58. The van der Waals surface area contributed by atoms with Crippen LogP contribution in [0.5, 0.6) is 0 Å². The van der Waals surface area contributed by atoms with Crippen molar-refractivity contribution in [3.8, 4) is 0 Å². The highest BCUT2D eigenvalue weighted by Gasteiger charge is 2.47. The molecule has 188 valence electrons. The van der Waals surface area contributed by atoms with Crippen molar-refractivity contribution in [2.75, 3.05) is 9.80 Å². The SMILES string of the molecule is CC(=O)N1c2ccccc2C2OC2c2ccccc21.CC(=O)N1c2ccccc2CC(=O)c2ccccc21. The number of para-hydroxylation sites is 4. The van der Waals surface area contributed by atoms with Crippen LogP contribution in [-0.2, 0) is 20.7 Å². The summed E-state index contributed by atoms with van der Waals surface area (Å²) in [6, 6.07) is 30.8. The molecule has 38 heavy (non-hydrogen) atoms. The summed E-state index contributed by atoms with van der Waals surface area (Å²) < 4.78 is 5.80. The first-order chi connectivity index (χ1) is 18.5. The van der Waals surface area contributed by atoms with Crippen molar-refractivity contribution in [3.63, 3.8) is 0 Å². The Morgan fingerprint density at radius 1 is 0.632 bits per heavy atom. The molecule has 4 aromatic carbocycles. The lowest BCUT2D eigenvalue weighted by Gasteiger charge is -2.24. The van der Waals surface area contributed by atoms with Gasteiger partial charge in [-0.2, -0.15) is 0 Å². The molecular weight excluding hydrogens is 476 g/mol. The van der Waals surface area contributed by atoms with Crippen molar-refractivity contribution >= 4 is 40.3 Å². The van der Waals surface area contributed by atoms with Crippen LogP contribution in [0.2, 0.25) is 0 Å². The molecule has 0 spiro atoms. The maximum Gasteiger partial charge on any atom is 0.228 e. The molecule has 3 aliphatic rings. The Kier molecular flexibility index (Phi) is 5.89. The smallest absolute Gasteiger partial charge is 0.228 e. The predicted molar refractivity (Wildman–Crippen MR) is 146 cm³/mol. The van der Waals surface area contributed by atoms with Gasteiger partial charge >= 0.3 is 0 Å². The second-order valence-electron chi connectivity index (χ2n) is 9.55. The van der Waals surface area contributed by atoms with Gasteiger partial charge in [-0.3, -0.25) is 24.2 Å². The van der Waals surface area contributed by atoms with Crippen molar-refractivity contribution in [1.29, 1.82) is 0 Å². The van der Waals surface area contributed by atoms with Crippen LogP contribution in [0.15, 0.2) is 97.1 Å². The maximum atomic E-state index is 12.3. The topological polar surface area (TPSA) is 70.2 Å². The quantitative estimate of drug-likeness (QED) is 0.254. The number of hydrogen-bond donors (Lipinski definition) is 0. The van der Waals surface area contributed by atoms with E-state index < -0.39 is 0 Å². The fourth-order valence-corrected chi connectivity index (χ4v) is 5.44. The van der Waals surface area contributed by atoms with E-state index >= 15 is 0 Å². The Balaban J connectivity index is 0.000000139. The van der Waals surface area contributed by atoms with E-state index in [1.807, 2.05) is 91.0 Å². The molecule has 6 heteroatoms. The molecule has 6 nitrogen and oxygen atoms in total. The number of hydrogen-bond acceptors (Lipinski definition) is 4. The lowest BCUT2D eigenvalue weighted by molar-refractivity contribution is -0.116. The molecule has 7 rings (SSSR count). The molecule has 0 aliphatic carbocycles. The zero-order valence-electron chi connectivity index (χ0n) is 21.1. The third-order valence-corrected chi connectivity index (χ3v) is 7.12. The standard InChI is InChI=1S/2C16H13NO2/c1-10(18)17-13-8-4-2-6-11(13)15-16(19-15)12-7-3-5-9-14(12)17;1-11(18)17-14-8-4-2-6-12(14)10-16(19)13-7-3-5-9-15(13)17/h2-9,15-16H,1H3;2-9H,10H2,1H3. The number of amides is 2. The van der Waals surface area contributed by atoms with Crippen LogP contribution in [0.3, 0.4) is 0 Å². The zero-order chi connectivity index (χ0) is 26.4. The lowest BCUT2D eigenvalue weighted by Crippen LogP contribution is -2.24. The minimum atomic E-state index is -0.0883. The molecule has 4 aromatic rings. The molecule has 2 unspecified atom stereocenters. The average Bonchev–Trinajstić information content (AvgIpc) is 3.73. The molecule has 0 radical (unpaired) electrons. The minimum absolute atomic E-state index is 0.0289. The molecule has 0 saturated carbocycles. The largest absolute Gasteiger partial charge is 0.359 e. The summed E-state index contributed by atoms with van der Waals surface area (Å²) in [5.74, 6) is -0.0115. The number of epoxide rings is 1. The van der Waals surface area contributed by atoms with E-state index in [2.05, 4.69) is 0 Å². The van der Waals surface area contributed by atoms with Gasteiger partial charge in [0.2, 0.25) is 11.8 Å². The average molecular weight is 503 g/mol. The third-order valence-electron chi connectivity index (χ3n) is 7.12. The maximum absolute atomic E-state index is 12.3.